The minimum absolute atomic E-state index is 0.0167. The summed E-state index contributed by atoms with van der Waals surface area (Å²) in [6, 6.07) is 0. The van der Waals surface area contributed by atoms with Crippen molar-refractivity contribution in [3.8, 4) is 0 Å². The van der Waals surface area contributed by atoms with E-state index in [1.807, 2.05) is 0 Å². The fraction of sp³-hybridized carbons (Fsp3) is 1.00. The number of halogens is 1. The zero-order valence-corrected chi connectivity index (χ0v) is 8.48. The first-order valence-electron chi connectivity index (χ1n) is 4.16. The van der Waals surface area contributed by atoms with Crippen molar-refractivity contribution >= 4 is 10.0 Å². The number of hydrogen-bond donors (Lipinski definition) is 2. The Balaban J connectivity index is 3.76. The molecule has 1 atom stereocenters. The van der Waals surface area contributed by atoms with E-state index < -0.39 is 16.7 Å². The molecular formula is C7H16FNO3S. The van der Waals surface area contributed by atoms with Gasteiger partial charge >= 0.3 is 0 Å². The molecule has 0 spiro atoms. The van der Waals surface area contributed by atoms with Crippen LogP contribution >= 0.6 is 0 Å². The van der Waals surface area contributed by atoms with Crippen LogP contribution in [0.4, 0.5) is 4.39 Å². The zero-order valence-electron chi connectivity index (χ0n) is 7.66. The number of aliphatic hydroxyl groups excluding tert-OH is 1. The van der Waals surface area contributed by atoms with Gasteiger partial charge in [-0.3, -0.25) is 4.39 Å². The van der Waals surface area contributed by atoms with Gasteiger partial charge < -0.3 is 5.11 Å². The van der Waals surface area contributed by atoms with Crippen LogP contribution in [0.1, 0.15) is 13.3 Å². The van der Waals surface area contributed by atoms with E-state index in [0.717, 1.165) is 0 Å². The van der Waals surface area contributed by atoms with E-state index >= 15 is 0 Å². The summed E-state index contributed by atoms with van der Waals surface area (Å²) in [5.74, 6) is -0.304. The van der Waals surface area contributed by atoms with Gasteiger partial charge in [0.1, 0.15) is 0 Å². The molecule has 0 amide bonds. The van der Waals surface area contributed by atoms with E-state index in [2.05, 4.69) is 4.72 Å². The van der Waals surface area contributed by atoms with Gasteiger partial charge in [-0.05, 0) is 12.3 Å². The van der Waals surface area contributed by atoms with Crippen molar-refractivity contribution in [2.24, 2.45) is 5.92 Å². The SMILES string of the molecule is CC(CO)CNS(=O)(=O)CCCF. The van der Waals surface area contributed by atoms with Gasteiger partial charge in [0.05, 0.1) is 12.4 Å². The fourth-order valence-electron chi connectivity index (χ4n) is 0.651. The summed E-state index contributed by atoms with van der Waals surface area (Å²) in [5.41, 5.74) is 0. The smallest absolute Gasteiger partial charge is 0.211 e. The number of sulfonamides is 1. The third-order valence-corrected chi connectivity index (χ3v) is 2.94. The summed E-state index contributed by atoms with van der Waals surface area (Å²) in [5, 5.41) is 8.61. The number of aliphatic hydroxyl groups is 1. The monoisotopic (exact) mass is 213 g/mol. The van der Waals surface area contributed by atoms with Crippen LogP contribution in [0.3, 0.4) is 0 Å². The van der Waals surface area contributed by atoms with Crippen LogP contribution in [-0.2, 0) is 10.0 Å². The molecule has 0 fully saturated rings. The van der Waals surface area contributed by atoms with E-state index in [0.29, 0.717) is 0 Å². The van der Waals surface area contributed by atoms with Crippen molar-refractivity contribution in [1.82, 2.24) is 4.72 Å². The maximum atomic E-state index is 11.7. The molecule has 4 nitrogen and oxygen atoms in total. The van der Waals surface area contributed by atoms with Crippen LogP contribution in [0.2, 0.25) is 0 Å². The van der Waals surface area contributed by atoms with Crippen molar-refractivity contribution in [3.05, 3.63) is 0 Å². The molecule has 0 saturated heterocycles. The van der Waals surface area contributed by atoms with Crippen LogP contribution in [-0.4, -0.2) is 39.1 Å². The molecule has 0 rings (SSSR count). The molecule has 0 aliphatic carbocycles. The maximum Gasteiger partial charge on any atom is 0.211 e. The van der Waals surface area contributed by atoms with E-state index in [1.54, 1.807) is 6.92 Å². The van der Waals surface area contributed by atoms with Gasteiger partial charge in [0, 0.05) is 13.2 Å². The molecule has 0 aliphatic rings. The third kappa shape index (κ3) is 6.92. The summed E-state index contributed by atoms with van der Waals surface area (Å²) in [7, 11) is -3.35. The molecule has 2 N–H and O–H groups in total. The Hall–Kier alpha value is -0.200. The van der Waals surface area contributed by atoms with E-state index in [-0.39, 0.29) is 31.2 Å². The van der Waals surface area contributed by atoms with Crippen molar-refractivity contribution < 1.29 is 17.9 Å². The Morgan fingerprint density at radius 2 is 2.15 bits per heavy atom. The third-order valence-electron chi connectivity index (χ3n) is 1.51. The molecule has 0 bridgehead atoms. The summed E-state index contributed by atoms with van der Waals surface area (Å²) in [4.78, 5) is 0. The van der Waals surface area contributed by atoms with Crippen molar-refractivity contribution in [1.29, 1.82) is 0 Å². The second-order valence-corrected chi connectivity index (χ2v) is 4.92. The second-order valence-electron chi connectivity index (χ2n) is 3.00. The first-order valence-corrected chi connectivity index (χ1v) is 5.81. The highest BCUT2D eigenvalue weighted by molar-refractivity contribution is 7.89. The molecule has 0 saturated carbocycles. The lowest BCUT2D eigenvalue weighted by Gasteiger charge is -2.09. The minimum atomic E-state index is -3.35. The van der Waals surface area contributed by atoms with E-state index in [1.165, 1.54) is 0 Å². The number of rotatable bonds is 7. The number of hydrogen-bond acceptors (Lipinski definition) is 3. The summed E-state index contributed by atoms with van der Waals surface area (Å²) in [6.07, 6.45) is 0.0167. The van der Waals surface area contributed by atoms with Crippen molar-refractivity contribution in [2.45, 2.75) is 13.3 Å². The van der Waals surface area contributed by atoms with Crippen LogP contribution in [0.5, 0.6) is 0 Å². The van der Waals surface area contributed by atoms with Crippen LogP contribution in [0.15, 0.2) is 0 Å². The van der Waals surface area contributed by atoms with Crippen LogP contribution in [0, 0.1) is 5.92 Å². The molecule has 0 aromatic carbocycles. The quantitative estimate of drug-likeness (QED) is 0.620. The molecule has 0 heterocycles. The average Bonchev–Trinajstić information content (AvgIpc) is 2.11. The molecule has 13 heavy (non-hydrogen) atoms. The van der Waals surface area contributed by atoms with Crippen molar-refractivity contribution in [2.75, 3.05) is 25.6 Å². The largest absolute Gasteiger partial charge is 0.396 e. The molecule has 0 aromatic rings. The van der Waals surface area contributed by atoms with Crippen molar-refractivity contribution in [3.63, 3.8) is 0 Å². The predicted molar refractivity (Wildman–Crippen MR) is 48.6 cm³/mol. The van der Waals surface area contributed by atoms with Gasteiger partial charge in [0.25, 0.3) is 0 Å². The Morgan fingerprint density at radius 3 is 2.62 bits per heavy atom. The Kier molecular flexibility index (Phi) is 6.19. The van der Waals surface area contributed by atoms with Gasteiger partial charge in [-0.15, -0.1) is 0 Å². The highest BCUT2D eigenvalue weighted by Crippen LogP contribution is 1.94. The predicted octanol–water partition coefficient (Wildman–Crippen LogP) is -0.106. The second kappa shape index (κ2) is 6.28. The van der Waals surface area contributed by atoms with E-state index in [9.17, 15) is 12.8 Å². The summed E-state index contributed by atoms with van der Waals surface area (Å²) < 4.78 is 36.0. The lowest BCUT2D eigenvalue weighted by atomic mass is 10.2. The molecule has 1 unspecified atom stereocenters. The Morgan fingerprint density at radius 1 is 1.54 bits per heavy atom. The minimum Gasteiger partial charge on any atom is -0.396 e. The number of nitrogens with one attached hydrogen (secondary N) is 1. The highest BCUT2D eigenvalue weighted by Gasteiger charge is 2.10. The molecular weight excluding hydrogens is 197 g/mol. The molecule has 0 radical (unpaired) electrons. The Bertz CT molecular complexity index is 218. The first-order chi connectivity index (χ1) is 6.02. The normalized spacial score (nSPS) is 14.4. The lowest BCUT2D eigenvalue weighted by Crippen LogP contribution is -2.31. The fourth-order valence-corrected chi connectivity index (χ4v) is 1.82. The van der Waals surface area contributed by atoms with Gasteiger partial charge in [0.15, 0.2) is 0 Å². The number of alkyl halides is 1. The standard InChI is InChI=1S/C7H16FNO3S/c1-7(6-10)5-9-13(11,12)4-2-3-8/h7,9-10H,2-6H2,1H3. The van der Waals surface area contributed by atoms with Gasteiger partial charge in [-0.1, -0.05) is 6.92 Å². The molecule has 6 heteroatoms. The summed E-state index contributed by atoms with van der Waals surface area (Å²) >= 11 is 0. The van der Waals surface area contributed by atoms with Crippen LogP contribution in [0.25, 0.3) is 0 Å². The van der Waals surface area contributed by atoms with Gasteiger partial charge in [-0.25, -0.2) is 13.1 Å². The van der Waals surface area contributed by atoms with Gasteiger partial charge in [0.2, 0.25) is 10.0 Å². The van der Waals surface area contributed by atoms with Gasteiger partial charge in [-0.2, -0.15) is 0 Å². The first kappa shape index (κ1) is 12.8. The molecule has 80 valence electrons. The highest BCUT2D eigenvalue weighted by atomic mass is 32.2. The molecule has 0 aliphatic heterocycles. The lowest BCUT2D eigenvalue weighted by molar-refractivity contribution is 0.238. The zero-order chi connectivity index (χ0) is 10.3. The van der Waals surface area contributed by atoms with Crippen LogP contribution < -0.4 is 4.72 Å². The topological polar surface area (TPSA) is 66.4 Å². The summed E-state index contributed by atoms with van der Waals surface area (Å²) in [6.45, 7) is 1.23. The average molecular weight is 213 g/mol. The molecule has 0 aromatic heterocycles. The van der Waals surface area contributed by atoms with E-state index in [4.69, 9.17) is 5.11 Å². The Labute approximate surface area is 78.2 Å². The maximum absolute atomic E-state index is 11.7.